The van der Waals surface area contributed by atoms with Crippen LogP contribution in [-0.2, 0) is 7.05 Å². The second-order valence-electron chi connectivity index (χ2n) is 3.21. The molecule has 0 fully saturated rings. The lowest BCUT2D eigenvalue weighted by Crippen LogP contribution is -1.85. The molecule has 0 aromatic carbocycles. The fraction of sp³-hybridized carbons (Fsp3) is 0.300. The lowest BCUT2D eigenvalue weighted by atomic mass is 10.2. The van der Waals surface area contributed by atoms with Crippen molar-refractivity contribution in [3.63, 3.8) is 0 Å². The van der Waals surface area contributed by atoms with Crippen molar-refractivity contribution in [2.75, 3.05) is 0 Å². The van der Waals surface area contributed by atoms with Crippen LogP contribution >= 0.6 is 0 Å². The number of hydrogen-bond donors (Lipinski definition) is 0. The van der Waals surface area contributed by atoms with Crippen molar-refractivity contribution in [2.45, 2.75) is 13.8 Å². The summed E-state index contributed by atoms with van der Waals surface area (Å²) in [5.41, 5.74) is 3.68. The average Bonchev–Trinajstić information content (AvgIpc) is 2.29. The molecule has 2 aromatic rings. The van der Waals surface area contributed by atoms with Gasteiger partial charge in [0.25, 0.3) is 0 Å². The lowest BCUT2D eigenvalue weighted by molar-refractivity contribution is 0.962. The number of aromatic nitrogens is 2. The third-order valence-electron chi connectivity index (χ3n) is 2.28. The molecule has 0 unspecified atom stereocenters. The fourth-order valence-electron chi connectivity index (χ4n) is 1.76. The first-order valence-corrected chi connectivity index (χ1v) is 4.07. The number of rotatable bonds is 0. The summed E-state index contributed by atoms with van der Waals surface area (Å²) in [6.45, 7) is 4.17. The molecule has 62 valence electrons. The van der Waals surface area contributed by atoms with E-state index in [1.165, 1.54) is 16.5 Å². The van der Waals surface area contributed by atoms with Crippen LogP contribution in [0.25, 0.3) is 10.9 Å². The molecule has 2 heteroatoms. The Kier molecular flexibility index (Phi) is 1.43. The standard InChI is InChI=1S/C10H12N2/c1-7-6-12(3)9-4-5-11-8(2)10(7)9/h4-6H,1-3H3. The Morgan fingerprint density at radius 3 is 2.75 bits per heavy atom. The van der Waals surface area contributed by atoms with Crippen LogP contribution in [0.1, 0.15) is 11.3 Å². The third kappa shape index (κ3) is 0.843. The largest absolute Gasteiger partial charge is 0.350 e. The molecule has 0 aliphatic heterocycles. The molecule has 0 aliphatic carbocycles. The number of nitrogens with zero attached hydrogens (tertiary/aromatic N) is 2. The molecule has 0 saturated heterocycles. The number of pyridine rings is 1. The molecule has 0 aliphatic rings. The van der Waals surface area contributed by atoms with Crippen LogP contribution in [-0.4, -0.2) is 9.55 Å². The summed E-state index contributed by atoms with van der Waals surface area (Å²) in [5.74, 6) is 0. The van der Waals surface area contributed by atoms with Gasteiger partial charge in [-0.3, -0.25) is 4.98 Å². The molecule has 0 bridgehead atoms. The van der Waals surface area contributed by atoms with Crippen molar-refractivity contribution in [3.05, 3.63) is 29.7 Å². The van der Waals surface area contributed by atoms with E-state index in [1.807, 2.05) is 6.20 Å². The van der Waals surface area contributed by atoms with Crippen molar-refractivity contribution >= 4 is 10.9 Å². The van der Waals surface area contributed by atoms with Gasteiger partial charge in [0.15, 0.2) is 0 Å². The molecule has 0 amide bonds. The van der Waals surface area contributed by atoms with Gasteiger partial charge < -0.3 is 4.57 Å². The van der Waals surface area contributed by atoms with Crippen LogP contribution in [0.2, 0.25) is 0 Å². The van der Waals surface area contributed by atoms with Crippen molar-refractivity contribution in [2.24, 2.45) is 7.05 Å². The van der Waals surface area contributed by atoms with Crippen LogP contribution in [0, 0.1) is 13.8 Å². The highest BCUT2D eigenvalue weighted by atomic mass is 14.9. The first-order valence-electron chi connectivity index (χ1n) is 4.07. The van der Waals surface area contributed by atoms with Gasteiger partial charge in [-0.05, 0) is 25.5 Å². The summed E-state index contributed by atoms with van der Waals surface area (Å²) in [6, 6.07) is 2.05. The highest BCUT2D eigenvalue weighted by Gasteiger charge is 2.04. The zero-order valence-corrected chi connectivity index (χ0v) is 7.63. The number of hydrogen-bond acceptors (Lipinski definition) is 1. The van der Waals surface area contributed by atoms with E-state index < -0.39 is 0 Å². The van der Waals surface area contributed by atoms with Crippen LogP contribution in [0.3, 0.4) is 0 Å². The van der Waals surface area contributed by atoms with Crippen LogP contribution < -0.4 is 0 Å². The predicted molar refractivity (Wildman–Crippen MR) is 50.2 cm³/mol. The zero-order chi connectivity index (χ0) is 8.72. The van der Waals surface area contributed by atoms with Crippen molar-refractivity contribution in [1.29, 1.82) is 0 Å². The molecule has 2 nitrogen and oxygen atoms in total. The van der Waals surface area contributed by atoms with E-state index in [4.69, 9.17) is 0 Å². The van der Waals surface area contributed by atoms with E-state index in [9.17, 15) is 0 Å². The van der Waals surface area contributed by atoms with E-state index in [0.29, 0.717) is 0 Å². The molecule has 2 heterocycles. The predicted octanol–water partition coefficient (Wildman–Crippen LogP) is 2.19. The van der Waals surface area contributed by atoms with E-state index >= 15 is 0 Å². The summed E-state index contributed by atoms with van der Waals surface area (Å²) in [7, 11) is 2.06. The normalized spacial score (nSPS) is 10.9. The highest BCUT2D eigenvalue weighted by Crippen LogP contribution is 2.21. The van der Waals surface area contributed by atoms with E-state index in [1.54, 1.807) is 0 Å². The van der Waals surface area contributed by atoms with Crippen molar-refractivity contribution in [3.8, 4) is 0 Å². The maximum atomic E-state index is 4.27. The molecule has 2 rings (SSSR count). The maximum absolute atomic E-state index is 4.27. The smallest absolute Gasteiger partial charge is 0.0514 e. The Balaban J connectivity index is 2.99. The van der Waals surface area contributed by atoms with Gasteiger partial charge in [0.1, 0.15) is 0 Å². The Morgan fingerprint density at radius 1 is 1.33 bits per heavy atom. The summed E-state index contributed by atoms with van der Waals surface area (Å²) < 4.78 is 2.14. The SMILES string of the molecule is Cc1cn(C)c2ccnc(C)c12. The van der Waals surface area contributed by atoms with Gasteiger partial charge in [0.2, 0.25) is 0 Å². The first-order chi connectivity index (χ1) is 5.70. The molecule has 0 radical (unpaired) electrons. The quantitative estimate of drug-likeness (QED) is 0.577. The summed E-state index contributed by atoms with van der Waals surface area (Å²) in [4.78, 5) is 4.27. The zero-order valence-electron chi connectivity index (χ0n) is 7.63. The summed E-state index contributed by atoms with van der Waals surface area (Å²) in [6.07, 6.45) is 4.00. The van der Waals surface area contributed by atoms with Gasteiger partial charge >= 0.3 is 0 Å². The van der Waals surface area contributed by atoms with E-state index in [2.05, 4.69) is 42.7 Å². The summed E-state index contributed by atoms with van der Waals surface area (Å²) in [5, 5.41) is 1.29. The second kappa shape index (κ2) is 2.34. The average molecular weight is 160 g/mol. The van der Waals surface area contributed by atoms with Gasteiger partial charge in [-0.25, -0.2) is 0 Å². The van der Waals surface area contributed by atoms with Gasteiger partial charge in [0.05, 0.1) is 5.52 Å². The van der Waals surface area contributed by atoms with Gasteiger partial charge in [-0.15, -0.1) is 0 Å². The molecular formula is C10H12N2. The summed E-state index contributed by atoms with van der Waals surface area (Å²) >= 11 is 0. The molecule has 0 spiro atoms. The third-order valence-corrected chi connectivity index (χ3v) is 2.28. The molecule has 12 heavy (non-hydrogen) atoms. The topological polar surface area (TPSA) is 17.8 Å². The minimum absolute atomic E-state index is 1.12. The van der Waals surface area contributed by atoms with Crippen molar-refractivity contribution in [1.82, 2.24) is 9.55 Å². The first kappa shape index (κ1) is 7.35. The Labute approximate surface area is 71.8 Å². The number of aryl methyl sites for hydroxylation is 3. The van der Waals surface area contributed by atoms with E-state index in [0.717, 1.165) is 5.69 Å². The maximum Gasteiger partial charge on any atom is 0.0514 e. The van der Waals surface area contributed by atoms with E-state index in [-0.39, 0.29) is 0 Å². The number of fused-ring (bicyclic) bond motifs is 1. The molecule has 0 N–H and O–H groups in total. The van der Waals surface area contributed by atoms with Gasteiger partial charge in [0, 0.05) is 30.5 Å². The Morgan fingerprint density at radius 2 is 2.08 bits per heavy atom. The molecule has 2 aromatic heterocycles. The van der Waals surface area contributed by atoms with Crippen LogP contribution in [0.4, 0.5) is 0 Å². The van der Waals surface area contributed by atoms with Crippen LogP contribution in [0.5, 0.6) is 0 Å². The molecule has 0 saturated carbocycles. The molecular weight excluding hydrogens is 148 g/mol. The Hall–Kier alpha value is -1.31. The van der Waals surface area contributed by atoms with Crippen LogP contribution in [0.15, 0.2) is 18.5 Å². The fourth-order valence-corrected chi connectivity index (χ4v) is 1.76. The lowest BCUT2D eigenvalue weighted by Gasteiger charge is -1.97. The Bertz CT molecular complexity index is 427. The van der Waals surface area contributed by atoms with Gasteiger partial charge in [-0.1, -0.05) is 0 Å². The van der Waals surface area contributed by atoms with Gasteiger partial charge in [-0.2, -0.15) is 0 Å². The highest BCUT2D eigenvalue weighted by molar-refractivity contribution is 5.85. The second-order valence-corrected chi connectivity index (χ2v) is 3.21. The molecule has 0 atom stereocenters. The minimum atomic E-state index is 1.12. The monoisotopic (exact) mass is 160 g/mol. The minimum Gasteiger partial charge on any atom is -0.350 e. The van der Waals surface area contributed by atoms with Crippen molar-refractivity contribution < 1.29 is 0 Å².